The van der Waals surface area contributed by atoms with Crippen molar-refractivity contribution in [2.24, 2.45) is 0 Å². The number of nitrogens with one attached hydrogen (secondary N) is 1. The fourth-order valence-electron chi connectivity index (χ4n) is 2.10. The first-order valence-corrected chi connectivity index (χ1v) is 7.57. The van der Waals surface area contributed by atoms with Gasteiger partial charge in [-0.05, 0) is 18.2 Å². The van der Waals surface area contributed by atoms with Crippen LogP contribution in [0.15, 0.2) is 27.8 Å². The van der Waals surface area contributed by atoms with Crippen LogP contribution in [0.2, 0.25) is 0 Å². The maximum absolute atomic E-state index is 10.9. The molecule has 0 aliphatic carbocycles. The minimum atomic E-state index is -0.392. The summed E-state index contributed by atoms with van der Waals surface area (Å²) in [5.41, 5.74) is 0.762. The molecule has 1 amide bonds. The number of cyclic esters (lactones) is 1. The first-order chi connectivity index (χ1) is 10.8. The lowest BCUT2D eigenvalue weighted by Gasteiger charge is -2.03. The highest BCUT2D eigenvalue weighted by molar-refractivity contribution is 7.99. The maximum Gasteiger partial charge on any atom is 0.407 e. The van der Waals surface area contributed by atoms with Crippen LogP contribution < -0.4 is 14.8 Å². The van der Waals surface area contributed by atoms with Gasteiger partial charge in [0.2, 0.25) is 12.7 Å². The van der Waals surface area contributed by atoms with Crippen molar-refractivity contribution in [1.82, 2.24) is 15.5 Å². The molecule has 9 heteroatoms. The number of carbonyl (C=O) groups is 1. The quantitative estimate of drug-likeness (QED) is 0.850. The number of rotatable bonds is 4. The summed E-state index contributed by atoms with van der Waals surface area (Å²) in [5.74, 6) is 2.33. The van der Waals surface area contributed by atoms with E-state index >= 15 is 0 Å². The molecule has 114 valence electrons. The summed E-state index contributed by atoms with van der Waals surface area (Å²) in [6, 6.07) is 5.43. The topological polar surface area (TPSA) is 95.7 Å². The van der Waals surface area contributed by atoms with Crippen LogP contribution in [0.5, 0.6) is 11.5 Å². The number of fused-ring (bicyclic) bond motifs is 1. The standard InChI is InChI=1S/C13H11N3O5S/c17-12-14-4-8(20-12)5-22-13-16-15-11(21-13)7-1-2-9-10(3-7)19-6-18-9/h1-3,8H,4-6H2,(H,14,17). The molecular weight excluding hydrogens is 310 g/mol. The first-order valence-electron chi connectivity index (χ1n) is 6.59. The second kappa shape index (κ2) is 5.41. The van der Waals surface area contributed by atoms with E-state index in [1.165, 1.54) is 11.8 Å². The van der Waals surface area contributed by atoms with E-state index < -0.39 is 6.09 Å². The third-order valence-corrected chi connectivity index (χ3v) is 4.12. The highest BCUT2D eigenvalue weighted by Gasteiger charge is 2.23. The van der Waals surface area contributed by atoms with Gasteiger partial charge in [-0.3, -0.25) is 0 Å². The zero-order valence-electron chi connectivity index (χ0n) is 11.3. The van der Waals surface area contributed by atoms with E-state index in [9.17, 15) is 4.79 Å². The monoisotopic (exact) mass is 321 g/mol. The predicted molar refractivity (Wildman–Crippen MR) is 74.9 cm³/mol. The average molecular weight is 321 g/mol. The van der Waals surface area contributed by atoms with Crippen molar-refractivity contribution in [2.75, 3.05) is 19.1 Å². The van der Waals surface area contributed by atoms with Crippen molar-refractivity contribution in [1.29, 1.82) is 0 Å². The number of amides is 1. The number of carbonyl (C=O) groups excluding carboxylic acids is 1. The van der Waals surface area contributed by atoms with Gasteiger partial charge >= 0.3 is 6.09 Å². The molecule has 2 aliphatic heterocycles. The van der Waals surface area contributed by atoms with Gasteiger partial charge in [0.25, 0.3) is 5.22 Å². The Morgan fingerprint density at radius 2 is 2.18 bits per heavy atom. The Kier molecular flexibility index (Phi) is 3.26. The molecule has 8 nitrogen and oxygen atoms in total. The Morgan fingerprint density at radius 3 is 3.05 bits per heavy atom. The smallest absolute Gasteiger partial charge is 0.407 e. The van der Waals surface area contributed by atoms with Gasteiger partial charge in [-0.1, -0.05) is 11.8 Å². The minimum Gasteiger partial charge on any atom is -0.454 e. The summed E-state index contributed by atoms with van der Waals surface area (Å²) >= 11 is 1.35. The molecule has 2 aromatic rings. The molecule has 1 fully saturated rings. The normalized spacial score (nSPS) is 19.1. The summed E-state index contributed by atoms with van der Waals surface area (Å²) in [4.78, 5) is 10.9. The minimum absolute atomic E-state index is 0.182. The first kappa shape index (κ1) is 13.3. The molecule has 1 aromatic carbocycles. The number of aromatic nitrogens is 2. The summed E-state index contributed by atoms with van der Waals surface area (Å²) < 4.78 is 21.2. The molecule has 1 N–H and O–H groups in total. The Balaban J connectivity index is 1.44. The number of benzene rings is 1. The summed E-state index contributed by atoms with van der Waals surface area (Å²) in [7, 11) is 0. The highest BCUT2D eigenvalue weighted by Crippen LogP contribution is 2.36. The van der Waals surface area contributed by atoms with Gasteiger partial charge in [-0.25, -0.2) is 4.79 Å². The number of thioether (sulfide) groups is 1. The molecule has 1 saturated heterocycles. The number of hydrogen-bond acceptors (Lipinski definition) is 8. The molecule has 2 aliphatic rings. The number of hydrogen-bond donors (Lipinski definition) is 1. The fourth-order valence-corrected chi connectivity index (χ4v) is 2.85. The Hall–Kier alpha value is -2.42. The summed E-state index contributed by atoms with van der Waals surface area (Å²) in [5, 5.41) is 11.0. The van der Waals surface area contributed by atoms with Crippen molar-refractivity contribution < 1.29 is 23.4 Å². The maximum atomic E-state index is 10.9. The van der Waals surface area contributed by atoms with Crippen molar-refractivity contribution in [3.05, 3.63) is 18.2 Å². The SMILES string of the molecule is O=C1NCC(CSc2nnc(-c3ccc4c(c3)OCO4)o2)O1. The molecule has 22 heavy (non-hydrogen) atoms. The van der Waals surface area contributed by atoms with Crippen molar-refractivity contribution in [3.63, 3.8) is 0 Å². The van der Waals surface area contributed by atoms with E-state index in [4.69, 9.17) is 18.6 Å². The van der Waals surface area contributed by atoms with E-state index in [1.54, 1.807) is 12.1 Å². The van der Waals surface area contributed by atoms with Crippen LogP contribution in [0.25, 0.3) is 11.5 Å². The molecular formula is C13H11N3O5S. The second-order valence-electron chi connectivity index (χ2n) is 4.66. The molecule has 3 heterocycles. The van der Waals surface area contributed by atoms with E-state index in [2.05, 4.69) is 15.5 Å². The van der Waals surface area contributed by atoms with Crippen LogP contribution in [0.3, 0.4) is 0 Å². The Morgan fingerprint density at radius 1 is 1.27 bits per heavy atom. The van der Waals surface area contributed by atoms with Crippen molar-refractivity contribution >= 4 is 17.9 Å². The van der Waals surface area contributed by atoms with Gasteiger partial charge in [0.1, 0.15) is 6.10 Å². The van der Waals surface area contributed by atoms with Gasteiger partial charge in [-0.15, -0.1) is 10.2 Å². The Labute approximate surface area is 129 Å². The van der Waals surface area contributed by atoms with E-state index in [1.807, 2.05) is 6.07 Å². The van der Waals surface area contributed by atoms with E-state index in [0.717, 1.165) is 5.56 Å². The lowest BCUT2D eigenvalue weighted by Crippen LogP contribution is -2.16. The highest BCUT2D eigenvalue weighted by atomic mass is 32.2. The van der Waals surface area contributed by atoms with E-state index in [0.29, 0.717) is 34.9 Å². The molecule has 0 radical (unpaired) electrons. The van der Waals surface area contributed by atoms with Crippen LogP contribution in [-0.4, -0.2) is 41.5 Å². The molecule has 0 saturated carbocycles. The van der Waals surface area contributed by atoms with E-state index in [-0.39, 0.29) is 12.9 Å². The number of ether oxygens (including phenoxy) is 3. The molecule has 1 unspecified atom stereocenters. The summed E-state index contributed by atoms with van der Waals surface area (Å²) in [6.07, 6.45) is -0.574. The van der Waals surface area contributed by atoms with Gasteiger partial charge < -0.3 is 23.9 Å². The number of nitrogens with zero attached hydrogens (tertiary/aromatic N) is 2. The molecule has 0 spiro atoms. The second-order valence-corrected chi connectivity index (χ2v) is 5.63. The average Bonchev–Trinajstić information content (AvgIpc) is 3.24. The third kappa shape index (κ3) is 2.54. The Bertz CT molecular complexity index is 719. The molecule has 4 rings (SSSR count). The molecule has 0 bridgehead atoms. The zero-order valence-corrected chi connectivity index (χ0v) is 12.1. The van der Waals surface area contributed by atoms with Crippen LogP contribution in [0, 0.1) is 0 Å². The van der Waals surface area contributed by atoms with Crippen LogP contribution in [0.1, 0.15) is 0 Å². The van der Waals surface area contributed by atoms with Crippen LogP contribution in [0.4, 0.5) is 4.79 Å². The van der Waals surface area contributed by atoms with Gasteiger partial charge in [0.15, 0.2) is 11.5 Å². The fraction of sp³-hybridized carbons (Fsp3) is 0.308. The summed E-state index contributed by atoms with van der Waals surface area (Å²) in [6.45, 7) is 0.715. The number of alkyl carbamates (subject to hydrolysis) is 1. The van der Waals surface area contributed by atoms with Crippen LogP contribution in [-0.2, 0) is 4.74 Å². The third-order valence-electron chi connectivity index (χ3n) is 3.17. The predicted octanol–water partition coefficient (Wildman–Crippen LogP) is 1.67. The molecule has 1 aromatic heterocycles. The van der Waals surface area contributed by atoms with Gasteiger partial charge in [0, 0.05) is 11.3 Å². The largest absolute Gasteiger partial charge is 0.454 e. The lowest BCUT2D eigenvalue weighted by molar-refractivity contribution is 0.150. The van der Waals surface area contributed by atoms with Crippen molar-refractivity contribution in [2.45, 2.75) is 11.3 Å². The zero-order chi connectivity index (χ0) is 14.9. The molecule has 1 atom stereocenters. The van der Waals surface area contributed by atoms with Gasteiger partial charge in [-0.2, -0.15) is 0 Å². The van der Waals surface area contributed by atoms with Gasteiger partial charge in [0.05, 0.1) is 6.54 Å². The van der Waals surface area contributed by atoms with Crippen LogP contribution >= 0.6 is 11.8 Å². The lowest BCUT2D eigenvalue weighted by atomic mass is 10.2. The van der Waals surface area contributed by atoms with Crippen molar-refractivity contribution in [3.8, 4) is 23.0 Å².